The topological polar surface area (TPSA) is 38.9 Å². The number of aromatic nitrogens is 1. The Labute approximate surface area is 78.8 Å². The highest BCUT2D eigenvalue weighted by Gasteiger charge is 2.02. The zero-order valence-corrected chi connectivity index (χ0v) is 8.04. The number of anilines is 1. The third-order valence-electron chi connectivity index (χ3n) is 1.78. The van der Waals surface area contributed by atoms with Gasteiger partial charge in [-0.25, -0.2) is 0 Å². The van der Waals surface area contributed by atoms with E-state index in [2.05, 4.69) is 11.6 Å². The van der Waals surface area contributed by atoms with Crippen molar-refractivity contribution in [2.24, 2.45) is 0 Å². The number of hydrogen-bond acceptors (Lipinski definition) is 2. The van der Waals surface area contributed by atoms with Crippen LogP contribution in [0, 0.1) is 6.92 Å². The molecule has 0 aliphatic rings. The number of aryl methyl sites for hydroxylation is 1. The van der Waals surface area contributed by atoms with Crippen molar-refractivity contribution in [2.75, 3.05) is 5.73 Å². The smallest absolute Gasteiger partial charge is 0.0722 e. The maximum Gasteiger partial charge on any atom is 0.0722 e. The summed E-state index contributed by atoms with van der Waals surface area (Å²) in [5.41, 5.74) is 9.27. The predicted octanol–water partition coefficient (Wildman–Crippen LogP) is 2.65. The zero-order valence-electron chi connectivity index (χ0n) is 8.04. The van der Waals surface area contributed by atoms with Gasteiger partial charge in [0, 0.05) is 16.9 Å². The van der Waals surface area contributed by atoms with Gasteiger partial charge in [0.2, 0.25) is 0 Å². The third-order valence-corrected chi connectivity index (χ3v) is 1.78. The van der Waals surface area contributed by atoms with Crippen molar-refractivity contribution >= 4 is 17.8 Å². The van der Waals surface area contributed by atoms with Crippen LogP contribution in [-0.4, -0.2) is 4.98 Å². The summed E-state index contributed by atoms with van der Waals surface area (Å²) < 4.78 is 0. The molecule has 1 aromatic rings. The lowest BCUT2D eigenvalue weighted by molar-refractivity contribution is 1.18. The molecule has 0 bridgehead atoms. The van der Waals surface area contributed by atoms with Gasteiger partial charge >= 0.3 is 0 Å². The molecule has 2 N–H and O–H groups in total. The summed E-state index contributed by atoms with van der Waals surface area (Å²) in [6.45, 7) is 7.59. The molecular weight excluding hydrogens is 160 g/mol. The molecule has 0 aliphatic carbocycles. The van der Waals surface area contributed by atoms with Crippen molar-refractivity contribution in [3.63, 3.8) is 0 Å². The second kappa shape index (κ2) is 3.90. The minimum Gasteiger partial charge on any atom is -0.398 e. The van der Waals surface area contributed by atoms with Gasteiger partial charge in [-0.05, 0) is 26.0 Å². The van der Waals surface area contributed by atoms with Gasteiger partial charge in [-0.1, -0.05) is 18.7 Å². The van der Waals surface area contributed by atoms with Gasteiger partial charge in [0.05, 0.1) is 5.69 Å². The summed E-state index contributed by atoms with van der Waals surface area (Å²) >= 11 is 0. The van der Waals surface area contributed by atoms with Crippen LogP contribution in [0.1, 0.15) is 23.9 Å². The van der Waals surface area contributed by atoms with Crippen LogP contribution in [0.4, 0.5) is 5.69 Å². The van der Waals surface area contributed by atoms with E-state index >= 15 is 0 Å². The van der Waals surface area contributed by atoms with Crippen LogP contribution in [-0.2, 0) is 0 Å². The second-order valence-electron chi connectivity index (χ2n) is 2.86. The van der Waals surface area contributed by atoms with Crippen molar-refractivity contribution in [3.8, 4) is 0 Å². The van der Waals surface area contributed by atoms with E-state index in [0.29, 0.717) is 0 Å². The van der Waals surface area contributed by atoms with E-state index in [4.69, 9.17) is 5.73 Å². The Hall–Kier alpha value is -1.57. The molecule has 13 heavy (non-hydrogen) atoms. The van der Waals surface area contributed by atoms with Crippen LogP contribution in [0.2, 0.25) is 0 Å². The second-order valence-corrected chi connectivity index (χ2v) is 2.86. The van der Waals surface area contributed by atoms with Gasteiger partial charge in [-0.3, -0.25) is 4.98 Å². The van der Waals surface area contributed by atoms with Gasteiger partial charge < -0.3 is 5.73 Å². The summed E-state index contributed by atoms with van der Waals surface area (Å²) in [6.07, 6.45) is 5.60. The number of allylic oxidation sites excluding steroid dienone is 1. The van der Waals surface area contributed by atoms with E-state index in [0.717, 1.165) is 22.6 Å². The monoisotopic (exact) mass is 174 g/mol. The largest absolute Gasteiger partial charge is 0.398 e. The van der Waals surface area contributed by atoms with E-state index < -0.39 is 0 Å². The van der Waals surface area contributed by atoms with E-state index in [9.17, 15) is 0 Å². The van der Waals surface area contributed by atoms with Gasteiger partial charge in [-0.15, -0.1) is 0 Å². The quantitative estimate of drug-likeness (QED) is 0.748. The average Bonchev–Trinajstić information content (AvgIpc) is 2.04. The van der Waals surface area contributed by atoms with Crippen LogP contribution in [0.3, 0.4) is 0 Å². The molecule has 0 atom stereocenters. The molecule has 1 rings (SSSR count). The molecule has 0 spiro atoms. The van der Waals surface area contributed by atoms with Crippen molar-refractivity contribution in [1.29, 1.82) is 0 Å². The predicted molar refractivity (Wildman–Crippen MR) is 58.2 cm³/mol. The molecule has 0 saturated heterocycles. The minimum atomic E-state index is 0.732. The lowest BCUT2D eigenvalue weighted by Gasteiger charge is -2.05. The highest BCUT2D eigenvalue weighted by molar-refractivity contribution is 5.71. The van der Waals surface area contributed by atoms with Crippen molar-refractivity contribution in [2.45, 2.75) is 13.8 Å². The fourth-order valence-corrected chi connectivity index (χ4v) is 1.24. The van der Waals surface area contributed by atoms with Crippen LogP contribution in [0.25, 0.3) is 12.2 Å². The average molecular weight is 174 g/mol. The molecule has 0 aromatic carbocycles. The Morgan fingerprint density at radius 2 is 2.23 bits per heavy atom. The molecule has 2 heteroatoms. The molecule has 0 saturated carbocycles. The number of rotatable bonds is 2. The van der Waals surface area contributed by atoms with Crippen LogP contribution >= 0.6 is 0 Å². The molecule has 0 unspecified atom stereocenters. The van der Waals surface area contributed by atoms with Gasteiger partial charge in [0.15, 0.2) is 0 Å². The Kier molecular flexibility index (Phi) is 2.85. The maximum absolute atomic E-state index is 5.82. The molecule has 0 amide bonds. The van der Waals surface area contributed by atoms with Gasteiger partial charge in [0.25, 0.3) is 0 Å². The first kappa shape index (κ1) is 9.52. The number of nitrogen functional groups attached to an aromatic ring is 1. The summed E-state index contributed by atoms with van der Waals surface area (Å²) in [6, 6.07) is 1.85. The fourth-order valence-electron chi connectivity index (χ4n) is 1.24. The first-order valence-electron chi connectivity index (χ1n) is 4.21. The maximum atomic E-state index is 5.82. The number of nitrogens with two attached hydrogens (primary N) is 1. The molecule has 0 aliphatic heterocycles. The highest BCUT2D eigenvalue weighted by atomic mass is 14.7. The Morgan fingerprint density at radius 3 is 2.77 bits per heavy atom. The SMILES string of the molecule is C=Cc1c(N)cc(C)nc1/C=C\C. The Morgan fingerprint density at radius 1 is 1.54 bits per heavy atom. The molecule has 68 valence electrons. The van der Waals surface area contributed by atoms with Crippen LogP contribution in [0.5, 0.6) is 0 Å². The first-order chi connectivity index (χ1) is 6.19. The number of hydrogen-bond donors (Lipinski definition) is 1. The van der Waals surface area contributed by atoms with Crippen molar-refractivity contribution < 1.29 is 0 Å². The Bertz CT molecular complexity index is 351. The van der Waals surface area contributed by atoms with E-state index in [-0.39, 0.29) is 0 Å². The summed E-state index contributed by atoms with van der Waals surface area (Å²) in [7, 11) is 0. The summed E-state index contributed by atoms with van der Waals surface area (Å²) in [5, 5.41) is 0. The molecule has 0 radical (unpaired) electrons. The lowest BCUT2D eigenvalue weighted by Crippen LogP contribution is -1.97. The fraction of sp³-hybridized carbons (Fsp3) is 0.182. The van der Waals surface area contributed by atoms with E-state index in [1.807, 2.05) is 32.1 Å². The van der Waals surface area contributed by atoms with Crippen LogP contribution in [0.15, 0.2) is 18.7 Å². The minimum absolute atomic E-state index is 0.732. The van der Waals surface area contributed by atoms with E-state index in [1.165, 1.54) is 0 Å². The van der Waals surface area contributed by atoms with Crippen LogP contribution < -0.4 is 5.73 Å². The molecule has 1 aromatic heterocycles. The first-order valence-corrected chi connectivity index (χ1v) is 4.21. The highest BCUT2D eigenvalue weighted by Crippen LogP contribution is 2.19. The molecule has 2 nitrogen and oxygen atoms in total. The normalized spacial score (nSPS) is 10.6. The third kappa shape index (κ3) is 1.96. The lowest BCUT2D eigenvalue weighted by atomic mass is 10.1. The number of nitrogens with zero attached hydrogens (tertiary/aromatic N) is 1. The van der Waals surface area contributed by atoms with Crippen molar-refractivity contribution in [3.05, 3.63) is 35.7 Å². The Balaban J connectivity index is 3.37. The molecule has 1 heterocycles. The molecular formula is C11H14N2. The molecule has 0 fully saturated rings. The van der Waals surface area contributed by atoms with Crippen molar-refractivity contribution in [1.82, 2.24) is 4.98 Å². The summed E-state index contributed by atoms with van der Waals surface area (Å²) in [5.74, 6) is 0. The van der Waals surface area contributed by atoms with Gasteiger partial charge in [0.1, 0.15) is 0 Å². The number of pyridine rings is 1. The van der Waals surface area contributed by atoms with Gasteiger partial charge in [-0.2, -0.15) is 0 Å². The zero-order chi connectivity index (χ0) is 9.84. The standard InChI is InChI=1S/C11H14N2/c1-4-6-11-9(5-2)10(12)7-8(3)13-11/h4-7H,2H2,1,3H3,(H2,12,13)/b6-4-. The van der Waals surface area contributed by atoms with E-state index in [1.54, 1.807) is 6.08 Å². The summed E-state index contributed by atoms with van der Waals surface area (Å²) in [4.78, 5) is 4.36.